The average molecular weight is 587 g/mol. The lowest BCUT2D eigenvalue weighted by Crippen LogP contribution is -2.51. The zero-order chi connectivity index (χ0) is 29.9. The van der Waals surface area contributed by atoms with Crippen LogP contribution in [0.5, 0.6) is 0 Å². The summed E-state index contributed by atoms with van der Waals surface area (Å²) < 4.78 is 33.5. The number of carbonyl (C=O) groups is 1. The highest BCUT2D eigenvalue weighted by Crippen LogP contribution is 2.66. The summed E-state index contributed by atoms with van der Waals surface area (Å²) in [7, 11) is -4.43. The Kier molecular flexibility index (Phi) is 8.43. The number of carbonyl (C=O) groups excluding carboxylic acids is 1. The number of hydrogen-bond acceptors (Lipinski definition) is 5. The van der Waals surface area contributed by atoms with Gasteiger partial charge in [0.1, 0.15) is 5.78 Å². The number of aliphatic hydroxyl groups excluding tert-OH is 2. The Labute approximate surface area is 246 Å². The summed E-state index contributed by atoms with van der Waals surface area (Å²) in [5.74, 6) is 2.11. The molecule has 41 heavy (non-hydrogen) atoms. The zero-order valence-corrected chi connectivity index (χ0v) is 26.3. The minimum Gasteiger partial charge on any atom is -0.393 e. The van der Waals surface area contributed by atoms with Gasteiger partial charge in [0.2, 0.25) is 0 Å². The molecule has 0 saturated heterocycles. The van der Waals surface area contributed by atoms with Crippen molar-refractivity contribution in [2.24, 2.45) is 46.3 Å². The fourth-order valence-electron chi connectivity index (χ4n) is 9.97. The highest BCUT2D eigenvalue weighted by Gasteiger charge is 2.61. The first-order valence-electron chi connectivity index (χ1n) is 15.8. The molecule has 0 heterocycles. The molecular formula is C34H50O6S. The lowest BCUT2D eigenvalue weighted by atomic mass is 9.47. The fourth-order valence-corrected chi connectivity index (χ4v) is 10.7. The van der Waals surface area contributed by atoms with Crippen molar-refractivity contribution < 1.29 is 28.0 Å². The SMILES string of the molecule is Cc1ccc(S(=O)(=O)O)c(C(O)[C@H](C)CCC[C@@H](C)[C@H]2C(=O)C[C@H]3[C@@H]4CC=C5CC(O)CC[C@]5(C)[C@H]4CC[C@]23C)c1. The van der Waals surface area contributed by atoms with Crippen molar-refractivity contribution in [2.45, 2.75) is 116 Å². The van der Waals surface area contributed by atoms with Crippen LogP contribution < -0.4 is 0 Å². The molecule has 3 saturated carbocycles. The van der Waals surface area contributed by atoms with E-state index in [4.69, 9.17) is 0 Å². The summed E-state index contributed by atoms with van der Waals surface area (Å²) in [4.78, 5) is 13.4. The lowest BCUT2D eigenvalue weighted by molar-refractivity contribution is -0.124. The zero-order valence-electron chi connectivity index (χ0n) is 25.5. The van der Waals surface area contributed by atoms with E-state index in [2.05, 4.69) is 26.8 Å². The molecule has 6 nitrogen and oxygen atoms in total. The first-order chi connectivity index (χ1) is 19.2. The van der Waals surface area contributed by atoms with Crippen LogP contribution in [0.3, 0.4) is 0 Å². The topological polar surface area (TPSA) is 112 Å². The number of aryl methyl sites for hydroxylation is 1. The predicted octanol–water partition coefficient (Wildman–Crippen LogP) is 6.84. The Balaban J connectivity index is 1.24. The highest BCUT2D eigenvalue weighted by atomic mass is 32.2. The number of fused-ring (bicyclic) bond motifs is 5. The van der Waals surface area contributed by atoms with Crippen molar-refractivity contribution in [2.75, 3.05) is 0 Å². The van der Waals surface area contributed by atoms with E-state index in [1.807, 2.05) is 13.8 Å². The molecule has 1 aromatic rings. The summed E-state index contributed by atoms with van der Waals surface area (Å²) in [6.07, 6.45) is 10.4. The maximum atomic E-state index is 13.7. The van der Waals surface area contributed by atoms with E-state index in [0.29, 0.717) is 36.4 Å². The van der Waals surface area contributed by atoms with Crippen LogP contribution in [0.2, 0.25) is 0 Å². The predicted molar refractivity (Wildman–Crippen MR) is 160 cm³/mol. The Morgan fingerprint density at radius 3 is 2.49 bits per heavy atom. The first kappa shape index (κ1) is 30.9. The number of rotatable bonds is 8. The molecule has 5 rings (SSSR count). The smallest absolute Gasteiger partial charge is 0.294 e. The molecule has 228 valence electrons. The molecule has 0 aromatic heterocycles. The maximum absolute atomic E-state index is 13.7. The van der Waals surface area contributed by atoms with E-state index < -0.39 is 16.2 Å². The minimum absolute atomic E-state index is 0.0185. The first-order valence-corrected chi connectivity index (χ1v) is 17.3. The number of Topliss-reactive ketones (excluding diaryl/α,β-unsaturated/α-hetero) is 1. The van der Waals surface area contributed by atoms with Gasteiger partial charge in [0.05, 0.1) is 17.1 Å². The number of hydrogen-bond donors (Lipinski definition) is 3. The number of allylic oxidation sites excluding steroid dienone is 1. The molecule has 3 N–H and O–H groups in total. The van der Waals surface area contributed by atoms with Crippen LogP contribution in [0.15, 0.2) is 34.7 Å². The van der Waals surface area contributed by atoms with Crippen molar-refractivity contribution >= 4 is 15.9 Å². The maximum Gasteiger partial charge on any atom is 0.294 e. The molecule has 4 aliphatic carbocycles. The van der Waals surface area contributed by atoms with Gasteiger partial charge in [0.25, 0.3) is 10.1 Å². The third-order valence-electron chi connectivity index (χ3n) is 12.2. The Morgan fingerprint density at radius 1 is 1.05 bits per heavy atom. The van der Waals surface area contributed by atoms with Gasteiger partial charge in [-0.2, -0.15) is 8.42 Å². The fraction of sp³-hybridized carbons (Fsp3) is 0.735. The van der Waals surface area contributed by atoms with Gasteiger partial charge in [-0.15, -0.1) is 0 Å². The highest BCUT2D eigenvalue weighted by molar-refractivity contribution is 7.85. The summed E-state index contributed by atoms with van der Waals surface area (Å²) in [6.45, 7) is 10.8. The number of aliphatic hydroxyl groups is 2. The van der Waals surface area contributed by atoms with Crippen LogP contribution in [0, 0.1) is 53.3 Å². The van der Waals surface area contributed by atoms with Crippen LogP contribution in [0.1, 0.15) is 109 Å². The van der Waals surface area contributed by atoms with Crippen molar-refractivity contribution in [3.05, 3.63) is 41.0 Å². The molecule has 2 unspecified atom stereocenters. The molecule has 7 heteroatoms. The molecule has 4 aliphatic rings. The molecule has 0 radical (unpaired) electrons. The molecular weight excluding hydrogens is 536 g/mol. The van der Waals surface area contributed by atoms with E-state index >= 15 is 0 Å². The van der Waals surface area contributed by atoms with Crippen LogP contribution in [0.25, 0.3) is 0 Å². The monoisotopic (exact) mass is 586 g/mol. The van der Waals surface area contributed by atoms with E-state index in [0.717, 1.165) is 56.9 Å². The van der Waals surface area contributed by atoms with Crippen LogP contribution in [0.4, 0.5) is 0 Å². The lowest BCUT2D eigenvalue weighted by Gasteiger charge is -2.58. The van der Waals surface area contributed by atoms with Gasteiger partial charge in [-0.1, -0.05) is 63.5 Å². The second-order valence-electron chi connectivity index (χ2n) is 14.7. The van der Waals surface area contributed by atoms with Crippen LogP contribution in [-0.4, -0.2) is 35.1 Å². The van der Waals surface area contributed by atoms with E-state index in [9.17, 15) is 28.0 Å². The molecule has 10 atom stereocenters. The largest absolute Gasteiger partial charge is 0.393 e. The van der Waals surface area contributed by atoms with Crippen molar-refractivity contribution in [1.82, 2.24) is 0 Å². The van der Waals surface area contributed by atoms with Gasteiger partial charge in [-0.3, -0.25) is 9.35 Å². The van der Waals surface area contributed by atoms with Gasteiger partial charge < -0.3 is 10.2 Å². The van der Waals surface area contributed by atoms with Crippen molar-refractivity contribution in [3.8, 4) is 0 Å². The normalized spacial score (nSPS) is 37.4. The van der Waals surface area contributed by atoms with E-state index in [1.54, 1.807) is 12.1 Å². The summed E-state index contributed by atoms with van der Waals surface area (Å²) in [6, 6.07) is 4.62. The summed E-state index contributed by atoms with van der Waals surface area (Å²) in [5.41, 5.74) is 2.71. The molecule has 0 spiro atoms. The van der Waals surface area contributed by atoms with Gasteiger partial charge in [-0.25, -0.2) is 0 Å². The summed E-state index contributed by atoms with van der Waals surface area (Å²) in [5, 5.41) is 21.3. The standard InChI is InChI=1S/C34H50O6S/c1-20-9-12-30(41(38,39)40)26(17-20)32(37)22(3)8-6-7-21(2)31-29(36)19-28-25-11-10-23-18-24(35)13-15-33(23,4)27(25)14-16-34(28,31)5/h9-10,12,17,21-22,24-25,27-28,31-32,35,37H,6-8,11,13-16,18-19H2,1-5H3,(H,38,39,40)/t21-,22-,24?,25-,27+,28+,31+,32?,33+,34+/m1/s1. The van der Waals surface area contributed by atoms with Crippen LogP contribution in [-0.2, 0) is 14.9 Å². The second-order valence-corrected chi connectivity index (χ2v) is 16.1. The third-order valence-corrected chi connectivity index (χ3v) is 13.1. The Hall–Kier alpha value is -1.54. The van der Waals surface area contributed by atoms with Gasteiger partial charge in [-0.05, 0) is 105 Å². The van der Waals surface area contributed by atoms with Gasteiger partial charge in [0.15, 0.2) is 0 Å². The molecule has 1 aromatic carbocycles. The van der Waals surface area contributed by atoms with Gasteiger partial charge >= 0.3 is 0 Å². The van der Waals surface area contributed by atoms with E-state index in [1.165, 1.54) is 11.6 Å². The Bertz CT molecular complexity index is 1300. The Morgan fingerprint density at radius 2 is 1.78 bits per heavy atom. The molecule has 0 aliphatic heterocycles. The second kappa shape index (κ2) is 11.2. The van der Waals surface area contributed by atoms with E-state index in [-0.39, 0.29) is 45.1 Å². The molecule has 3 fully saturated rings. The number of ketones is 1. The quantitative estimate of drug-likeness (QED) is 0.227. The van der Waals surface area contributed by atoms with Crippen LogP contribution >= 0.6 is 0 Å². The van der Waals surface area contributed by atoms with Crippen molar-refractivity contribution in [3.63, 3.8) is 0 Å². The van der Waals surface area contributed by atoms with Crippen molar-refractivity contribution in [1.29, 1.82) is 0 Å². The average Bonchev–Trinajstić information content (AvgIpc) is 3.17. The molecule has 0 amide bonds. The third kappa shape index (κ3) is 5.49. The minimum atomic E-state index is -4.43. The summed E-state index contributed by atoms with van der Waals surface area (Å²) >= 11 is 0. The van der Waals surface area contributed by atoms with Gasteiger partial charge in [0, 0.05) is 17.9 Å². The number of benzene rings is 1. The molecule has 0 bridgehead atoms.